The Balaban J connectivity index is 1.24. The predicted molar refractivity (Wildman–Crippen MR) is 211 cm³/mol. The zero-order valence-corrected chi connectivity index (χ0v) is 30.5. The number of esters is 2. The van der Waals surface area contributed by atoms with Crippen molar-refractivity contribution in [2.24, 2.45) is 5.92 Å². The molecule has 8 heteroatoms. The van der Waals surface area contributed by atoms with Crippen molar-refractivity contribution in [2.75, 3.05) is 19.0 Å². The fourth-order valence-electron chi connectivity index (χ4n) is 6.58. The van der Waals surface area contributed by atoms with E-state index in [2.05, 4.69) is 5.32 Å². The van der Waals surface area contributed by atoms with Gasteiger partial charge in [0.15, 0.2) is 0 Å². The highest BCUT2D eigenvalue weighted by atomic mass is 16.5. The summed E-state index contributed by atoms with van der Waals surface area (Å²) in [5.41, 5.74) is 4.28. The Morgan fingerprint density at radius 3 is 1.75 bits per heavy atom. The van der Waals surface area contributed by atoms with Gasteiger partial charge in [0.2, 0.25) is 0 Å². The first-order valence-corrected chi connectivity index (χ1v) is 18.1. The molecule has 2 atom stereocenters. The van der Waals surface area contributed by atoms with Crippen molar-refractivity contribution in [2.45, 2.75) is 31.2 Å². The van der Waals surface area contributed by atoms with E-state index in [9.17, 15) is 19.5 Å². The van der Waals surface area contributed by atoms with Crippen molar-refractivity contribution in [1.29, 1.82) is 0 Å². The smallest absolute Gasteiger partial charge is 0.337 e. The highest BCUT2D eigenvalue weighted by Gasteiger charge is 2.40. The minimum absolute atomic E-state index is 0.0500. The van der Waals surface area contributed by atoms with Gasteiger partial charge in [0.25, 0.3) is 5.91 Å². The molecule has 0 saturated carbocycles. The number of nitrogens with one attached hydrogen (secondary N) is 1. The van der Waals surface area contributed by atoms with Gasteiger partial charge >= 0.3 is 11.9 Å². The first-order chi connectivity index (χ1) is 26.9. The minimum atomic E-state index is -1.14. The molecule has 6 aromatic carbocycles. The van der Waals surface area contributed by atoms with Crippen LogP contribution in [0.2, 0.25) is 0 Å². The number of hydrogen-bond donors (Lipinski definition) is 2. The van der Waals surface area contributed by atoms with Crippen molar-refractivity contribution >= 4 is 23.5 Å². The molecule has 0 saturated heterocycles. The van der Waals surface area contributed by atoms with Crippen molar-refractivity contribution in [3.05, 3.63) is 209 Å². The lowest BCUT2D eigenvalue weighted by atomic mass is 9.80. The van der Waals surface area contributed by atoms with Crippen LogP contribution in [-0.2, 0) is 37.6 Å². The number of aliphatic hydroxyl groups excluding tert-OH is 1. The zero-order chi connectivity index (χ0) is 38.5. The van der Waals surface area contributed by atoms with Gasteiger partial charge in [-0.3, -0.25) is 9.59 Å². The fourth-order valence-corrected chi connectivity index (χ4v) is 6.58. The first-order valence-electron chi connectivity index (χ1n) is 18.1. The van der Waals surface area contributed by atoms with E-state index in [-0.39, 0.29) is 31.1 Å². The van der Waals surface area contributed by atoms with Gasteiger partial charge in [-0.1, -0.05) is 140 Å². The van der Waals surface area contributed by atoms with E-state index in [1.807, 2.05) is 140 Å². The van der Waals surface area contributed by atoms with Crippen LogP contribution in [-0.4, -0.2) is 42.8 Å². The van der Waals surface area contributed by atoms with E-state index in [1.54, 1.807) is 24.3 Å². The van der Waals surface area contributed by atoms with Crippen molar-refractivity contribution in [1.82, 2.24) is 0 Å². The van der Waals surface area contributed by atoms with Crippen LogP contribution in [0.15, 0.2) is 170 Å². The van der Waals surface area contributed by atoms with Crippen LogP contribution in [0, 0.1) is 5.92 Å². The van der Waals surface area contributed by atoms with Gasteiger partial charge < -0.3 is 24.6 Å². The largest absolute Gasteiger partial charge is 0.465 e. The maximum atomic E-state index is 14.0. The molecule has 0 aromatic heterocycles. The Morgan fingerprint density at radius 2 is 1.16 bits per heavy atom. The molecule has 0 heterocycles. The molecule has 6 aromatic rings. The molecule has 0 aliphatic rings. The molecule has 2 N–H and O–H groups in total. The summed E-state index contributed by atoms with van der Waals surface area (Å²) in [5.74, 6) is -2.53. The molecular weight excluding hydrogens is 691 g/mol. The first kappa shape index (κ1) is 38.4. The van der Waals surface area contributed by atoms with E-state index in [0.717, 1.165) is 27.8 Å². The highest BCUT2D eigenvalue weighted by molar-refractivity contribution is 6.05. The number of amides is 1. The lowest BCUT2D eigenvalue weighted by molar-refractivity contribution is -0.159. The van der Waals surface area contributed by atoms with Crippen molar-refractivity contribution in [3.63, 3.8) is 0 Å². The van der Waals surface area contributed by atoms with Crippen LogP contribution in [0.3, 0.4) is 0 Å². The van der Waals surface area contributed by atoms with Gasteiger partial charge in [0, 0.05) is 11.3 Å². The molecule has 0 aliphatic heterocycles. The average Bonchev–Trinajstić information content (AvgIpc) is 3.25. The quantitative estimate of drug-likeness (QED) is 0.0760. The number of benzene rings is 6. The molecule has 8 nitrogen and oxygen atoms in total. The van der Waals surface area contributed by atoms with Crippen molar-refractivity contribution in [3.8, 4) is 0 Å². The van der Waals surface area contributed by atoms with Crippen LogP contribution in [0.1, 0.15) is 55.0 Å². The van der Waals surface area contributed by atoms with Crippen LogP contribution in [0.5, 0.6) is 0 Å². The summed E-state index contributed by atoms with van der Waals surface area (Å²) in [6, 6.07) is 52.5. The summed E-state index contributed by atoms with van der Waals surface area (Å²) in [5, 5.41) is 14.7. The molecule has 0 unspecified atom stereocenters. The molecule has 278 valence electrons. The van der Waals surface area contributed by atoms with E-state index in [4.69, 9.17) is 14.2 Å². The summed E-state index contributed by atoms with van der Waals surface area (Å²) in [7, 11) is 1.29. The number of carbonyl (C=O) groups excluding carboxylic acids is 3. The summed E-state index contributed by atoms with van der Waals surface area (Å²) >= 11 is 0. The molecule has 55 heavy (non-hydrogen) atoms. The van der Waals surface area contributed by atoms with Gasteiger partial charge in [0.05, 0.1) is 25.4 Å². The van der Waals surface area contributed by atoms with Gasteiger partial charge in [0.1, 0.15) is 18.1 Å². The number of carbonyl (C=O) groups is 3. The Morgan fingerprint density at radius 1 is 0.636 bits per heavy atom. The molecule has 6 rings (SSSR count). The summed E-state index contributed by atoms with van der Waals surface area (Å²) in [6.07, 6.45) is -0.531. The number of ether oxygens (including phenoxy) is 3. The number of rotatable bonds is 16. The van der Waals surface area contributed by atoms with Crippen LogP contribution in [0.4, 0.5) is 5.69 Å². The van der Waals surface area contributed by atoms with Crippen molar-refractivity contribution < 1.29 is 33.7 Å². The monoisotopic (exact) mass is 733 g/mol. The summed E-state index contributed by atoms with van der Waals surface area (Å²) < 4.78 is 17.6. The third-order valence-corrected chi connectivity index (χ3v) is 9.47. The average molecular weight is 734 g/mol. The SMILES string of the molecule is COC(=O)c1cccc(C(=O)Nc2cccc(CC[C@@H](O)[C@@H](COC(c3ccccc3)(c3ccccc3)c3ccccc3)C(=O)OCc3ccccc3)c2)c1. The molecule has 0 aliphatic carbocycles. The molecule has 1 amide bonds. The Hall–Kier alpha value is -6.35. The topological polar surface area (TPSA) is 111 Å². The lowest BCUT2D eigenvalue weighted by Crippen LogP contribution is -2.40. The summed E-state index contributed by atoms with van der Waals surface area (Å²) in [6.45, 7) is -0.0947. The molecule has 0 bridgehead atoms. The number of anilines is 1. The number of hydrogen-bond acceptors (Lipinski definition) is 7. The number of methoxy groups -OCH3 is 1. The maximum Gasteiger partial charge on any atom is 0.337 e. The van der Waals surface area contributed by atoms with Crippen LogP contribution in [0.25, 0.3) is 0 Å². The zero-order valence-electron chi connectivity index (χ0n) is 30.5. The number of aliphatic hydroxyl groups is 1. The Bertz CT molecular complexity index is 2060. The van der Waals surface area contributed by atoms with E-state index in [1.165, 1.54) is 13.2 Å². The van der Waals surface area contributed by atoms with Crippen LogP contribution >= 0.6 is 0 Å². The van der Waals surface area contributed by atoms with Gasteiger partial charge in [-0.15, -0.1) is 0 Å². The van der Waals surface area contributed by atoms with Crippen LogP contribution < -0.4 is 5.32 Å². The molecule has 0 radical (unpaired) electrons. The third kappa shape index (κ3) is 9.61. The Kier molecular flexibility index (Phi) is 13.0. The maximum absolute atomic E-state index is 14.0. The second-order valence-electron chi connectivity index (χ2n) is 13.1. The summed E-state index contributed by atoms with van der Waals surface area (Å²) in [4.78, 5) is 39.0. The fraction of sp³-hybridized carbons (Fsp3) is 0.170. The second kappa shape index (κ2) is 18.6. The number of aryl methyl sites for hydroxylation is 1. The minimum Gasteiger partial charge on any atom is -0.465 e. The van der Waals surface area contributed by atoms with Gasteiger partial charge in [-0.05, 0) is 71.0 Å². The third-order valence-electron chi connectivity index (χ3n) is 9.47. The van der Waals surface area contributed by atoms with E-state index >= 15 is 0 Å². The standard InChI is InChI=1S/C47H43NO7/c1-53-45(51)37-20-15-19-36(31-37)44(50)48-41-27-14-18-34(30-41)28-29-43(49)42(46(52)54-32-35-16-6-2-7-17-35)33-55-47(38-21-8-3-9-22-38,39-23-10-4-11-24-39)40-25-12-5-13-26-40/h2-27,30-31,42-43,49H,28-29,32-33H2,1H3,(H,48,50)/t42-,43-/m1/s1. The predicted octanol–water partition coefficient (Wildman–Crippen LogP) is 8.39. The van der Waals surface area contributed by atoms with E-state index in [0.29, 0.717) is 17.7 Å². The molecule has 0 spiro atoms. The normalized spacial score (nSPS) is 12.3. The molecular formula is C47H43NO7. The Labute approximate surface area is 321 Å². The highest BCUT2D eigenvalue weighted by Crippen LogP contribution is 2.41. The van der Waals surface area contributed by atoms with Gasteiger partial charge in [-0.25, -0.2) is 4.79 Å². The second-order valence-corrected chi connectivity index (χ2v) is 13.1. The van der Waals surface area contributed by atoms with Gasteiger partial charge in [-0.2, -0.15) is 0 Å². The van der Waals surface area contributed by atoms with E-state index < -0.39 is 29.6 Å². The lowest BCUT2D eigenvalue weighted by Gasteiger charge is -2.37. The molecule has 0 fully saturated rings.